The molecule has 0 aliphatic rings. The Morgan fingerprint density at radius 3 is 2.76 bits per heavy atom. The summed E-state index contributed by atoms with van der Waals surface area (Å²) in [6.45, 7) is 0.511. The molecule has 0 bridgehead atoms. The van der Waals surface area contributed by atoms with Crippen molar-refractivity contribution in [3.63, 3.8) is 0 Å². The summed E-state index contributed by atoms with van der Waals surface area (Å²) in [6, 6.07) is 10.3. The number of anilines is 2. The van der Waals surface area contributed by atoms with E-state index in [0.29, 0.717) is 12.4 Å². The van der Waals surface area contributed by atoms with E-state index in [2.05, 4.69) is 14.7 Å². The minimum absolute atomic E-state index is 0.243. The zero-order valence-corrected chi connectivity index (χ0v) is 11.9. The molecule has 2 heterocycles. The number of pyridine rings is 1. The standard InChI is InChI=1S/C15H13FN4S/c16-12-3-1-2-10(8-12)9-19-15-13(14(17)20-21-15)11-4-6-18-7-5-11/h1-8,19H,9H2,(H2,17,20). The molecule has 4 nitrogen and oxygen atoms in total. The van der Waals surface area contributed by atoms with E-state index in [1.165, 1.54) is 23.7 Å². The lowest BCUT2D eigenvalue weighted by Crippen LogP contribution is -2.00. The molecular formula is C15H13FN4S. The van der Waals surface area contributed by atoms with Crippen molar-refractivity contribution in [2.24, 2.45) is 0 Å². The smallest absolute Gasteiger partial charge is 0.147 e. The lowest BCUT2D eigenvalue weighted by atomic mass is 10.1. The van der Waals surface area contributed by atoms with E-state index in [4.69, 9.17) is 5.73 Å². The van der Waals surface area contributed by atoms with Crippen molar-refractivity contribution in [2.75, 3.05) is 11.1 Å². The second kappa shape index (κ2) is 5.88. The van der Waals surface area contributed by atoms with Crippen LogP contribution in [0.25, 0.3) is 11.1 Å². The molecule has 21 heavy (non-hydrogen) atoms. The summed E-state index contributed by atoms with van der Waals surface area (Å²) in [4.78, 5) is 4.00. The largest absolute Gasteiger partial charge is 0.382 e. The number of halogens is 1. The fourth-order valence-electron chi connectivity index (χ4n) is 2.05. The topological polar surface area (TPSA) is 63.8 Å². The number of aromatic nitrogens is 2. The van der Waals surface area contributed by atoms with E-state index in [-0.39, 0.29) is 5.82 Å². The van der Waals surface area contributed by atoms with Crippen molar-refractivity contribution in [1.82, 2.24) is 9.36 Å². The highest BCUT2D eigenvalue weighted by atomic mass is 32.1. The first kappa shape index (κ1) is 13.5. The summed E-state index contributed by atoms with van der Waals surface area (Å²) in [5.74, 6) is 0.236. The number of hydrogen-bond acceptors (Lipinski definition) is 5. The van der Waals surface area contributed by atoms with Gasteiger partial charge in [-0.25, -0.2) is 4.39 Å². The summed E-state index contributed by atoms with van der Waals surface area (Å²) in [5, 5.41) is 4.13. The van der Waals surface area contributed by atoms with Gasteiger partial charge in [-0.3, -0.25) is 4.98 Å². The highest BCUT2D eigenvalue weighted by Crippen LogP contribution is 2.36. The summed E-state index contributed by atoms with van der Waals surface area (Å²) in [6.07, 6.45) is 3.42. The Labute approximate surface area is 125 Å². The Balaban J connectivity index is 1.84. The fraction of sp³-hybridized carbons (Fsp3) is 0.0667. The molecule has 0 aliphatic carbocycles. The van der Waals surface area contributed by atoms with Crippen LogP contribution in [0.3, 0.4) is 0 Å². The van der Waals surface area contributed by atoms with E-state index in [0.717, 1.165) is 21.7 Å². The van der Waals surface area contributed by atoms with Crippen LogP contribution < -0.4 is 11.1 Å². The molecule has 2 aromatic heterocycles. The summed E-state index contributed by atoms with van der Waals surface area (Å²) in [7, 11) is 0. The van der Waals surface area contributed by atoms with Gasteiger partial charge in [0.05, 0.1) is 5.56 Å². The maximum atomic E-state index is 13.2. The van der Waals surface area contributed by atoms with Gasteiger partial charge in [0.1, 0.15) is 16.6 Å². The number of benzene rings is 1. The van der Waals surface area contributed by atoms with Crippen molar-refractivity contribution in [3.05, 3.63) is 60.2 Å². The third-order valence-corrected chi connectivity index (χ3v) is 3.85. The van der Waals surface area contributed by atoms with E-state index < -0.39 is 0 Å². The van der Waals surface area contributed by atoms with Gasteiger partial charge >= 0.3 is 0 Å². The van der Waals surface area contributed by atoms with Crippen molar-refractivity contribution in [3.8, 4) is 11.1 Å². The maximum Gasteiger partial charge on any atom is 0.147 e. The second-order valence-corrected chi connectivity index (χ2v) is 5.26. The van der Waals surface area contributed by atoms with E-state index >= 15 is 0 Å². The molecule has 0 saturated carbocycles. The van der Waals surface area contributed by atoms with E-state index in [1.807, 2.05) is 18.2 Å². The average molecular weight is 300 g/mol. The predicted octanol–water partition coefficient (Wildman–Crippen LogP) is 3.54. The van der Waals surface area contributed by atoms with Crippen LogP contribution in [0.1, 0.15) is 5.56 Å². The van der Waals surface area contributed by atoms with Crippen LogP contribution in [0.2, 0.25) is 0 Å². The molecule has 0 aliphatic heterocycles. The van der Waals surface area contributed by atoms with Gasteiger partial charge < -0.3 is 11.1 Å². The van der Waals surface area contributed by atoms with Crippen molar-refractivity contribution < 1.29 is 4.39 Å². The molecule has 0 atom stereocenters. The van der Waals surface area contributed by atoms with Crippen molar-refractivity contribution >= 4 is 22.4 Å². The minimum atomic E-state index is -0.243. The quantitative estimate of drug-likeness (QED) is 0.773. The second-order valence-electron chi connectivity index (χ2n) is 4.49. The van der Waals surface area contributed by atoms with Crippen LogP contribution in [0.4, 0.5) is 15.2 Å². The lowest BCUT2D eigenvalue weighted by molar-refractivity contribution is 0.626. The van der Waals surface area contributed by atoms with Crippen LogP contribution in [-0.4, -0.2) is 9.36 Å². The number of nitrogens with two attached hydrogens (primary N) is 1. The van der Waals surface area contributed by atoms with Crippen molar-refractivity contribution in [1.29, 1.82) is 0 Å². The van der Waals surface area contributed by atoms with Gasteiger partial charge in [0.25, 0.3) is 0 Å². The Morgan fingerprint density at radius 2 is 2.00 bits per heavy atom. The zero-order chi connectivity index (χ0) is 14.7. The first-order valence-electron chi connectivity index (χ1n) is 6.38. The van der Waals surface area contributed by atoms with Gasteiger partial charge in [-0.1, -0.05) is 12.1 Å². The number of hydrogen-bond donors (Lipinski definition) is 2. The highest BCUT2D eigenvalue weighted by molar-refractivity contribution is 7.11. The van der Waals surface area contributed by atoms with Crippen LogP contribution in [-0.2, 0) is 6.54 Å². The molecule has 3 rings (SSSR count). The highest BCUT2D eigenvalue weighted by Gasteiger charge is 2.13. The molecule has 3 aromatic rings. The molecule has 106 valence electrons. The number of nitrogen functional groups attached to an aromatic ring is 1. The fourth-order valence-corrected chi connectivity index (χ4v) is 2.78. The molecular weight excluding hydrogens is 287 g/mol. The number of rotatable bonds is 4. The van der Waals surface area contributed by atoms with Crippen LogP contribution in [0.5, 0.6) is 0 Å². The maximum absolute atomic E-state index is 13.2. The van der Waals surface area contributed by atoms with Crippen LogP contribution in [0, 0.1) is 5.82 Å². The summed E-state index contributed by atoms with van der Waals surface area (Å²) in [5.41, 5.74) is 8.63. The first-order chi connectivity index (χ1) is 10.2. The average Bonchev–Trinajstić information content (AvgIpc) is 2.87. The lowest BCUT2D eigenvalue weighted by Gasteiger charge is -2.07. The molecule has 3 N–H and O–H groups in total. The Kier molecular flexibility index (Phi) is 3.79. The first-order valence-corrected chi connectivity index (χ1v) is 7.15. The van der Waals surface area contributed by atoms with Gasteiger partial charge in [-0.2, -0.15) is 4.37 Å². The summed E-state index contributed by atoms with van der Waals surface area (Å²) < 4.78 is 17.4. The van der Waals surface area contributed by atoms with E-state index in [9.17, 15) is 4.39 Å². The van der Waals surface area contributed by atoms with Gasteiger partial charge in [-0.05, 0) is 46.9 Å². The minimum Gasteiger partial charge on any atom is -0.382 e. The molecule has 6 heteroatoms. The molecule has 0 fully saturated rings. The predicted molar refractivity (Wildman–Crippen MR) is 83.5 cm³/mol. The molecule has 0 amide bonds. The molecule has 1 aromatic carbocycles. The van der Waals surface area contributed by atoms with Gasteiger partial charge in [0.15, 0.2) is 0 Å². The summed E-state index contributed by atoms with van der Waals surface area (Å²) >= 11 is 1.29. The van der Waals surface area contributed by atoms with Crippen LogP contribution in [0.15, 0.2) is 48.8 Å². The van der Waals surface area contributed by atoms with Crippen molar-refractivity contribution in [2.45, 2.75) is 6.54 Å². The zero-order valence-electron chi connectivity index (χ0n) is 11.1. The number of nitrogens with one attached hydrogen (secondary N) is 1. The molecule has 0 spiro atoms. The molecule has 0 unspecified atom stereocenters. The third-order valence-electron chi connectivity index (χ3n) is 3.03. The molecule has 0 radical (unpaired) electrons. The normalized spacial score (nSPS) is 10.5. The van der Waals surface area contributed by atoms with Gasteiger partial charge in [0, 0.05) is 18.9 Å². The third kappa shape index (κ3) is 3.00. The Hall–Kier alpha value is -2.47. The van der Waals surface area contributed by atoms with E-state index in [1.54, 1.807) is 18.5 Å². The molecule has 0 saturated heterocycles. The van der Waals surface area contributed by atoms with Gasteiger partial charge in [-0.15, -0.1) is 0 Å². The Morgan fingerprint density at radius 1 is 1.19 bits per heavy atom. The monoisotopic (exact) mass is 300 g/mol. The van der Waals surface area contributed by atoms with Crippen LogP contribution >= 0.6 is 11.5 Å². The Bertz CT molecular complexity index is 742. The SMILES string of the molecule is Nc1nsc(NCc2cccc(F)c2)c1-c1ccncc1. The van der Waals surface area contributed by atoms with Gasteiger partial charge in [0.2, 0.25) is 0 Å². The number of nitrogens with zero attached hydrogens (tertiary/aromatic N) is 2.